The maximum atomic E-state index is 13.4. The Hall–Kier alpha value is -0.940. The molecule has 88 valence electrons. The molecule has 0 aliphatic rings. The molecule has 0 aromatic heterocycles. The van der Waals surface area contributed by atoms with Crippen LogP contribution in [0, 0.1) is 11.2 Å². The Bertz CT molecular complexity index is 407. The van der Waals surface area contributed by atoms with Crippen molar-refractivity contribution >= 4 is 27.5 Å². The normalized spacial score (nSPS) is 11.3. The second-order valence-corrected chi connectivity index (χ2v) is 5.08. The standard InChI is InChI=1S/C11H14BrFN2O/c1-11(2,6-14)10(16)15-9-4-3-7(12)5-8(9)13/h3-5H,6,14H2,1-2H3,(H,15,16). The number of carbonyl (C=O) groups is 1. The predicted octanol–water partition coefficient (Wildman–Crippen LogP) is 2.51. The molecule has 0 saturated heterocycles. The van der Waals surface area contributed by atoms with Crippen molar-refractivity contribution < 1.29 is 9.18 Å². The molecule has 0 aliphatic carbocycles. The number of hydrogen-bond donors (Lipinski definition) is 2. The molecule has 0 aliphatic heterocycles. The lowest BCUT2D eigenvalue weighted by molar-refractivity contribution is -0.123. The number of anilines is 1. The van der Waals surface area contributed by atoms with E-state index >= 15 is 0 Å². The summed E-state index contributed by atoms with van der Waals surface area (Å²) in [7, 11) is 0. The molecule has 0 radical (unpaired) electrons. The number of carbonyl (C=O) groups excluding carboxylic acids is 1. The summed E-state index contributed by atoms with van der Waals surface area (Å²) in [5.74, 6) is -0.772. The fourth-order valence-electron chi connectivity index (χ4n) is 0.975. The fourth-order valence-corrected chi connectivity index (χ4v) is 1.31. The van der Waals surface area contributed by atoms with Gasteiger partial charge >= 0.3 is 0 Å². The van der Waals surface area contributed by atoms with Crippen molar-refractivity contribution in [2.45, 2.75) is 13.8 Å². The van der Waals surface area contributed by atoms with E-state index in [2.05, 4.69) is 21.2 Å². The minimum Gasteiger partial charge on any atom is -0.329 e. The highest BCUT2D eigenvalue weighted by Crippen LogP contribution is 2.22. The third-order valence-corrected chi connectivity index (χ3v) is 2.80. The number of hydrogen-bond acceptors (Lipinski definition) is 2. The van der Waals surface area contributed by atoms with Crippen molar-refractivity contribution in [3.05, 3.63) is 28.5 Å². The Morgan fingerprint density at radius 2 is 2.19 bits per heavy atom. The zero-order valence-corrected chi connectivity index (χ0v) is 10.8. The van der Waals surface area contributed by atoms with E-state index < -0.39 is 11.2 Å². The molecule has 0 saturated carbocycles. The van der Waals surface area contributed by atoms with Crippen LogP contribution < -0.4 is 11.1 Å². The molecule has 16 heavy (non-hydrogen) atoms. The van der Waals surface area contributed by atoms with E-state index in [4.69, 9.17) is 5.73 Å². The Labute approximate surface area is 102 Å². The Morgan fingerprint density at radius 1 is 1.56 bits per heavy atom. The highest BCUT2D eigenvalue weighted by atomic mass is 79.9. The Balaban J connectivity index is 2.85. The second kappa shape index (κ2) is 4.93. The lowest BCUT2D eigenvalue weighted by atomic mass is 9.92. The van der Waals surface area contributed by atoms with E-state index in [0.717, 1.165) is 0 Å². The molecule has 0 spiro atoms. The SMILES string of the molecule is CC(C)(CN)C(=O)Nc1ccc(Br)cc1F. The molecule has 1 aromatic rings. The molecule has 1 rings (SSSR count). The maximum Gasteiger partial charge on any atom is 0.231 e. The first-order chi connectivity index (χ1) is 7.36. The minimum atomic E-state index is -0.709. The number of halogens is 2. The van der Waals surface area contributed by atoms with Crippen molar-refractivity contribution in [2.75, 3.05) is 11.9 Å². The van der Waals surface area contributed by atoms with Crippen molar-refractivity contribution in [1.82, 2.24) is 0 Å². The van der Waals surface area contributed by atoms with E-state index in [-0.39, 0.29) is 18.1 Å². The minimum absolute atomic E-state index is 0.162. The number of benzene rings is 1. The van der Waals surface area contributed by atoms with Gasteiger partial charge in [0.25, 0.3) is 0 Å². The van der Waals surface area contributed by atoms with E-state index in [1.165, 1.54) is 12.1 Å². The molecule has 0 atom stereocenters. The molecule has 1 amide bonds. The summed E-state index contributed by atoms with van der Waals surface area (Å²) >= 11 is 3.14. The molecule has 0 fully saturated rings. The van der Waals surface area contributed by atoms with E-state index in [9.17, 15) is 9.18 Å². The third kappa shape index (κ3) is 3.02. The molecular weight excluding hydrogens is 275 g/mol. The van der Waals surface area contributed by atoms with E-state index in [1.54, 1.807) is 19.9 Å². The smallest absolute Gasteiger partial charge is 0.231 e. The summed E-state index contributed by atoms with van der Waals surface area (Å²) in [6.45, 7) is 3.62. The zero-order valence-electron chi connectivity index (χ0n) is 9.18. The number of amides is 1. The quantitative estimate of drug-likeness (QED) is 0.898. The van der Waals surface area contributed by atoms with Gasteiger partial charge in [0, 0.05) is 11.0 Å². The van der Waals surface area contributed by atoms with Crippen molar-refractivity contribution in [3.8, 4) is 0 Å². The van der Waals surface area contributed by atoms with Crippen molar-refractivity contribution in [2.24, 2.45) is 11.1 Å². The summed E-state index contributed by atoms with van der Waals surface area (Å²) in [6, 6.07) is 4.46. The van der Waals surface area contributed by atoms with E-state index in [0.29, 0.717) is 4.47 Å². The van der Waals surface area contributed by atoms with Gasteiger partial charge in [-0.1, -0.05) is 15.9 Å². The van der Waals surface area contributed by atoms with Crippen LogP contribution >= 0.6 is 15.9 Å². The highest BCUT2D eigenvalue weighted by Gasteiger charge is 2.26. The summed E-state index contributed by atoms with van der Waals surface area (Å²) < 4.78 is 14.1. The van der Waals surface area contributed by atoms with E-state index in [1.807, 2.05) is 0 Å². The average molecular weight is 289 g/mol. The first kappa shape index (κ1) is 13.1. The van der Waals surface area contributed by atoms with Gasteiger partial charge in [0.05, 0.1) is 11.1 Å². The molecule has 0 unspecified atom stereocenters. The summed E-state index contributed by atoms with van der Waals surface area (Å²) in [5.41, 5.74) is 4.91. The molecule has 5 heteroatoms. The van der Waals surface area contributed by atoms with Crippen LogP contribution in [0.15, 0.2) is 22.7 Å². The Morgan fingerprint density at radius 3 is 2.69 bits per heavy atom. The zero-order chi connectivity index (χ0) is 12.3. The lowest BCUT2D eigenvalue weighted by Gasteiger charge is -2.21. The number of nitrogens with one attached hydrogen (secondary N) is 1. The molecule has 1 aromatic carbocycles. The van der Waals surface area contributed by atoms with Crippen LogP contribution in [0.1, 0.15) is 13.8 Å². The van der Waals surface area contributed by atoms with Gasteiger partial charge < -0.3 is 11.1 Å². The highest BCUT2D eigenvalue weighted by molar-refractivity contribution is 9.10. The maximum absolute atomic E-state index is 13.4. The first-order valence-electron chi connectivity index (χ1n) is 4.83. The molecule has 0 bridgehead atoms. The fraction of sp³-hybridized carbons (Fsp3) is 0.364. The van der Waals surface area contributed by atoms with Crippen LogP contribution in [-0.2, 0) is 4.79 Å². The van der Waals surface area contributed by atoms with Gasteiger partial charge in [-0.2, -0.15) is 0 Å². The van der Waals surface area contributed by atoms with Crippen LogP contribution in [0.25, 0.3) is 0 Å². The predicted molar refractivity (Wildman–Crippen MR) is 65.6 cm³/mol. The van der Waals surface area contributed by atoms with Crippen molar-refractivity contribution in [3.63, 3.8) is 0 Å². The van der Waals surface area contributed by atoms with Gasteiger partial charge in [0.1, 0.15) is 5.82 Å². The summed E-state index contributed by atoms with van der Waals surface area (Å²) in [5, 5.41) is 2.51. The van der Waals surface area contributed by atoms with Gasteiger partial charge in [-0.3, -0.25) is 4.79 Å². The molecule has 3 N–H and O–H groups in total. The van der Waals surface area contributed by atoms with Crippen LogP contribution in [0.4, 0.5) is 10.1 Å². The summed E-state index contributed by atoms with van der Waals surface area (Å²) in [6.07, 6.45) is 0. The summed E-state index contributed by atoms with van der Waals surface area (Å²) in [4.78, 5) is 11.7. The number of rotatable bonds is 3. The van der Waals surface area contributed by atoms with Gasteiger partial charge in [0.15, 0.2) is 0 Å². The van der Waals surface area contributed by atoms with Crippen LogP contribution in [0.3, 0.4) is 0 Å². The van der Waals surface area contributed by atoms with Gasteiger partial charge in [-0.25, -0.2) is 4.39 Å². The monoisotopic (exact) mass is 288 g/mol. The molecule has 0 heterocycles. The largest absolute Gasteiger partial charge is 0.329 e. The second-order valence-electron chi connectivity index (χ2n) is 4.17. The van der Waals surface area contributed by atoms with Gasteiger partial charge in [-0.15, -0.1) is 0 Å². The first-order valence-corrected chi connectivity index (χ1v) is 5.62. The topological polar surface area (TPSA) is 55.1 Å². The van der Waals surface area contributed by atoms with Crippen LogP contribution in [0.5, 0.6) is 0 Å². The van der Waals surface area contributed by atoms with Gasteiger partial charge in [-0.05, 0) is 32.0 Å². The lowest BCUT2D eigenvalue weighted by Crippen LogP contribution is -2.37. The number of nitrogens with two attached hydrogens (primary N) is 1. The third-order valence-electron chi connectivity index (χ3n) is 2.30. The van der Waals surface area contributed by atoms with Crippen LogP contribution in [-0.4, -0.2) is 12.5 Å². The Kier molecular flexibility index (Phi) is 4.04. The van der Waals surface area contributed by atoms with Gasteiger partial charge in [0.2, 0.25) is 5.91 Å². The molecule has 3 nitrogen and oxygen atoms in total. The van der Waals surface area contributed by atoms with Crippen LogP contribution in [0.2, 0.25) is 0 Å². The van der Waals surface area contributed by atoms with Crippen molar-refractivity contribution in [1.29, 1.82) is 0 Å². The average Bonchev–Trinajstić information content (AvgIpc) is 2.22. The molecular formula is C11H14BrFN2O.